The van der Waals surface area contributed by atoms with Gasteiger partial charge in [-0.05, 0) is 79.0 Å². The van der Waals surface area contributed by atoms with E-state index >= 15 is 0 Å². The molecule has 0 saturated carbocycles. The standard InChI is InChI=1S/C45H52N10O5/c1-5-51-18-20-52(21-19-51)42(56)34-10-15-39(31(2)26-34)48-45(57)55-17-16-38-40(49-44(50-41(38)55)53-22-24-60-25-23-53)35-27-46-43(47-28-35)54(29-32-6-11-36(58-3)12-7-32)30-33-8-13-37(59-4)14-9-33/h6-15,26-28H,5,16-25,29-30H2,1-4H3,(H,48,57). The Balaban J connectivity index is 1.05. The van der Waals surface area contributed by atoms with Crippen LogP contribution in [0.5, 0.6) is 11.5 Å². The summed E-state index contributed by atoms with van der Waals surface area (Å²) in [5, 5.41) is 3.10. The minimum absolute atomic E-state index is 0.0132. The third-order valence-corrected chi connectivity index (χ3v) is 11.4. The number of nitrogens with one attached hydrogen (secondary N) is 1. The zero-order valence-electron chi connectivity index (χ0n) is 34.8. The molecule has 60 heavy (non-hydrogen) atoms. The number of hydrogen-bond acceptors (Lipinski definition) is 12. The van der Waals surface area contributed by atoms with Crippen molar-refractivity contribution in [3.63, 3.8) is 0 Å². The normalized spacial score (nSPS) is 15.4. The number of amides is 3. The molecule has 2 fully saturated rings. The number of hydrogen-bond donors (Lipinski definition) is 1. The van der Waals surface area contributed by atoms with Gasteiger partial charge in [-0.15, -0.1) is 0 Å². The Morgan fingerprint density at radius 2 is 1.43 bits per heavy atom. The molecule has 5 aromatic rings. The van der Waals surface area contributed by atoms with Crippen LogP contribution in [-0.4, -0.2) is 121 Å². The van der Waals surface area contributed by atoms with Crippen LogP contribution < -0.4 is 29.5 Å². The number of carbonyl (C=O) groups excluding carboxylic acids is 2. The van der Waals surface area contributed by atoms with Crippen LogP contribution >= 0.6 is 0 Å². The molecule has 8 rings (SSSR count). The lowest BCUT2D eigenvalue weighted by atomic mass is 10.1. The molecule has 15 heteroatoms. The van der Waals surface area contributed by atoms with Crippen LogP contribution in [0.15, 0.2) is 79.1 Å². The number of carbonyl (C=O) groups is 2. The first kappa shape index (κ1) is 40.5. The molecule has 2 saturated heterocycles. The molecule has 0 atom stereocenters. The molecule has 0 radical (unpaired) electrons. The molecule has 3 aromatic carbocycles. The first-order chi connectivity index (χ1) is 29.3. The molecule has 15 nitrogen and oxygen atoms in total. The molecular formula is C45H52N10O5. The molecule has 0 bridgehead atoms. The Bertz CT molecular complexity index is 2230. The fourth-order valence-electron chi connectivity index (χ4n) is 7.86. The van der Waals surface area contributed by atoms with E-state index < -0.39 is 0 Å². The fourth-order valence-corrected chi connectivity index (χ4v) is 7.86. The molecule has 3 aliphatic heterocycles. The van der Waals surface area contributed by atoms with E-state index in [-0.39, 0.29) is 11.9 Å². The lowest BCUT2D eigenvalue weighted by Crippen LogP contribution is -2.48. The van der Waals surface area contributed by atoms with Crippen LogP contribution in [0.3, 0.4) is 0 Å². The number of ether oxygens (including phenoxy) is 3. The minimum Gasteiger partial charge on any atom is -0.497 e. The highest BCUT2D eigenvalue weighted by Crippen LogP contribution is 2.36. The monoisotopic (exact) mass is 812 g/mol. The highest BCUT2D eigenvalue weighted by atomic mass is 16.5. The van der Waals surface area contributed by atoms with Crippen molar-refractivity contribution in [3.8, 4) is 22.8 Å². The van der Waals surface area contributed by atoms with Crippen molar-refractivity contribution in [3.05, 3.63) is 107 Å². The van der Waals surface area contributed by atoms with Crippen molar-refractivity contribution in [2.24, 2.45) is 0 Å². The first-order valence-corrected chi connectivity index (χ1v) is 20.6. The van der Waals surface area contributed by atoms with Crippen LogP contribution in [0.1, 0.15) is 39.5 Å². The largest absolute Gasteiger partial charge is 0.497 e. The predicted octanol–water partition coefficient (Wildman–Crippen LogP) is 5.67. The van der Waals surface area contributed by atoms with Crippen molar-refractivity contribution < 1.29 is 23.8 Å². The van der Waals surface area contributed by atoms with Gasteiger partial charge in [0.2, 0.25) is 11.9 Å². The summed E-state index contributed by atoms with van der Waals surface area (Å²) in [5.74, 6) is 3.24. The number of urea groups is 1. The van der Waals surface area contributed by atoms with Crippen LogP contribution in [-0.2, 0) is 24.2 Å². The maximum Gasteiger partial charge on any atom is 0.327 e. The van der Waals surface area contributed by atoms with Gasteiger partial charge in [0, 0.05) is 93.7 Å². The van der Waals surface area contributed by atoms with Crippen molar-refractivity contribution in [1.82, 2.24) is 29.7 Å². The van der Waals surface area contributed by atoms with Gasteiger partial charge in [-0.1, -0.05) is 31.2 Å². The van der Waals surface area contributed by atoms with E-state index in [4.69, 9.17) is 34.1 Å². The van der Waals surface area contributed by atoms with Gasteiger partial charge in [0.05, 0.1) is 33.1 Å². The molecule has 5 heterocycles. The topological polar surface area (TPSA) is 142 Å². The SMILES string of the molecule is CCN1CCN(C(=O)c2ccc(NC(=O)N3CCc4c(-c5cnc(N(Cc6ccc(OC)cc6)Cc6ccc(OC)cc6)nc5)nc(N5CCOCC5)nc43)c(C)c2)CC1. The smallest absolute Gasteiger partial charge is 0.327 e. The first-order valence-electron chi connectivity index (χ1n) is 20.6. The minimum atomic E-state index is -0.302. The van der Waals surface area contributed by atoms with E-state index in [9.17, 15) is 9.59 Å². The summed E-state index contributed by atoms with van der Waals surface area (Å²) < 4.78 is 16.4. The number of morpholine rings is 1. The fraction of sp³-hybridized carbons (Fsp3) is 0.378. The Labute approximate surface area is 350 Å². The van der Waals surface area contributed by atoms with Crippen LogP contribution in [0.4, 0.5) is 28.2 Å². The highest BCUT2D eigenvalue weighted by Gasteiger charge is 2.32. The van der Waals surface area contributed by atoms with Gasteiger partial charge in [0.15, 0.2) is 0 Å². The molecular weight excluding hydrogens is 761 g/mol. The van der Waals surface area contributed by atoms with E-state index in [0.717, 1.165) is 59.0 Å². The molecule has 312 valence electrons. The quantitative estimate of drug-likeness (QED) is 0.166. The molecule has 2 aromatic heterocycles. The summed E-state index contributed by atoms with van der Waals surface area (Å²) in [6.07, 6.45) is 4.17. The van der Waals surface area contributed by atoms with Gasteiger partial charge in [-0.3, -0.25) is 9.69 Å². The lowest BCUT2D eigenvalue weighted by molar-refractivity contribution is 0.0643. The second kappa shape index (κ2) is 18.3. The molecule has 0 unspecified atom stereocenters. The number of benzene rings is 3. The number of methoxy groups -OCH3 is 2. The van der Waals surface area contributed by atoms with Gasteiger partial charge in [0.1, 0.15) is 17.3 Å². The average molecular weight is 813 g/mol. The molecule has 1 N–H and O–H groups in total. The average Bonchev–Trinajstić information content (AvgIpc) is 3.74. The van der Waals surface area contributed by atoms with Crippen LogP contribution in [0.25, 0.3) is 11.3 Å². The number of fused-ring (bicyclic) bond motifs is 1. The van der Waals surface area contributed by atoms with Gasteiger partial charge in [0.25, 0.3) is 5.91 Å². The summed E-state index contributed by atoms with van der Waals surface area (Å²) >= 11 is 0. The van der Waals surface area contributed by atoms with Gasteiger partial charge >= 0.3 is 6.03 Å². The van der Waals surface area contributed by atoms with Crippen molar-refractivity contribution in [2.75, 3.05) is 99.8 Å². The number of aryl methyl sites for hydroxylation is 1. The van der Waals surface area contributed by atoms with Gasteiger partial charge in [-0.25, -0.2) is 19.7 Å². The summed E-state index contributed by atoms with van der Waals surface area (Å²) in [4.78, 5) is 57.5. The van der Waals surface area contributed by atoms with E-state index in [1.54, 1.807) is 25.2 Å². The predicted molar refractivity (Wildman–Crippen MR) is 231 cm³/mol. The summed E-state index contributed by atoms with van der Waals surface area (Å²) in [7, 11) is 3.32. The second-order valence-electron chi connectivity index (χ2n) is 15.2. The van der Waals surface area contributed by atoms with Crippen molar-refractivity contribution >= 4 is 35.3 Å². The number of aromatic nitrogens is 4. The number of likely N-dealkylation sites (N-methyl/N-ethyl adjacent to an activating group) is 1. The Kier molecular flexibility index (Phi) is 12.3. The lowest BCUT2D eigenvalue weighted by Gasteiger charge is -2.34. The second-order valence-corrected chi connectivity index (χ2v) is 15.2. The maximum absolute atomic E-state index is 14.1. The van der Waals surface area contributed by atoms with Crippen LogP contribution in [0, 0.1) is 6.92 Å². The number of anilines is 4. The molecule has 0 aliphatic carbocycles. The Morgan fingerprint density at radius 3 is 2.02 bits per heavy atom. The van der Waals surface area contributed by atoms with Gasteiger partial charge < -0.3 is 39.1 Å². The number of nitrogens with zero attached hydrogens (tertiary/aromatic N) is 9. The summed E-state index contributed by atoms with van der Waals surface area (Å²) in [6, 6.07) is 21.1. The zero-order valence-corrected chi connectivity index (χ0v) is 34.8. The van der Waals surface area contributed by atoms with Crippen molar-refractivity contribution in [1.29, 1.82) is 0 Å². The van der Waals surface area contributed by atoms with E-state index in [2.05, 4.69) is 26.9 Å². The summed E-state index contributed by atoms with van der Waals surface area (Å²) in [6.45, 7) is 12.1. The zero-order chi connectivity index (χ0) is 41.6. The van der Waals surface area contributed by atoms with E-state index in [1.165, 1.54) is 0 Å². The number of rotatable bonds is 12. The molecule has 3 amide bonds. The number of piperazine rings is 1. The highest BCUT2D eigenvalue weighted by molar-refractivity contribution is 6.04. The van der Waals surface area contributed by atoms with Crippen molar-refractivity contribution in [2.45, 2.75) is 33.4 Å². The van der Waals surface area contributed by atoms with E-state index in [0.29, 0.717) is 100 Å². The van der Waals surface area contributed by atoms with Gasteiger partial charge in [-0.2, -0.15) is 4.98 Å². The Hall–Kier alpha value is -6.32. The maximum atomic E-state index is 14.1. The molecule has 0 spiro atoms. The third-order valence-electron chi connectivity index (χ3n) is 11.4. The van der Waals surface area contributed by atoms with E-state index in [1.807, 2.05) is 84.9 Å². The van der Waals surface area contributed by atoms with Crippen LogP contribution in [0.2, 0.25) is 0 Å². The third kappa shape index (κ3) is 8.97. The summed E-state index contributed by atoms with van der Waals surface area (Å²) in [5.41, 5.74) is 6.51. The molecule has 3 aliphatic rings. The Morgan fingerprint density at radius 1 is 0.800 bits per heavy atom.